The zero-order chi connectivity index (χ0) is 18.1. The fourth-order valence-corrected chi connectivity index (χ4v) is 2.98. The van der Waals surface area contributed by atoms with Crippen LogP contribution in [0.5, 0.6) is 0 Å². The van der Waals surface area contributed by atoms with E-state index in [1.807, 2.05) is 12.1 Å². The number of allylic oxidation sites excluding steroid dienone is 1. The van der Waals surface area contributed by atoms with Gasteiger partial charge in [0.1, 0.15) is 5.70 Å². The Kier molecular flexibility index (Phi) is 4.71. The Balaban J connectivity index is 2.06. The first-order chi connectivity index (χ1) is 11.9. The lowest BCUT2D eigenvalue weighted by molar-refractivity contribution is 0.0675. The third kappa shape index (κ3) is 3.21. The van der Waals surface area contributed by atoms with E-state index in [9.17, 15) is 14.4 Å². The molecular weight excluding hydrogens is 431 g/mol. The van der Waals surface area contributed by atoms with E-state index in [1.54, 1.807) is 55.4 Å². The van der Waals surface area contributed by atoms with Crippen LogP contribution in [0.2, 0.25) is 0 Å². The van der Waals surface area contributed by atoms with Crippen molar-refractivity contribution in [2.45, 2.75) is 0 Å². The van der Waals surface area contributed by atoms with Gasteiger partial charge in [-0.25, -0.2) is 4.90 Å². The monoisotopic (exact) mass is 446 g/mol. The Hall–Kier alpha value is -2.48. The fraction of sp³-hybridized carbons (Fsp3) is 0.105. The number of carbonyl (C=O) groups is 3. The van der Waals surface area contributed by atoms with Gasteiger partial charge >= 0.3 is 0 Å². The fourth-order valence-electron chi connectivity index (χ4n) is 2.62. The highest BCUT2D eigenvalue weighted by atomic mass is 127. The van der Waals surface area contributed by atoms with Crippen molar-refractivity contribution in [1.29, 1.82) is 0 Å². The smallest absolute Gasteiger partial charge is 0.266 e. The quantitative estimate of drug-likeness (QED) is 0.314. The summed E-state index contributed by atoms with van der Waals surface area (Å²) in [4.78, 5) is 41.0. The molecule has 0 aromatic heterocycles. The molecule has 5 nitrogen and oxygen atoms in total. The summed E-state index contributed by atoms with van der Waals surface area (Å²) in [5.41, 5.74) is 1.09. The molecule has 0 saturated carbocycles. The maximum absolute atomic E-state index is 13.0. The maximum Gasteiger partial charge on any atom is 0.266 e. The number of fused-ring (bicyclic) bond motifs is 1. The number of rotatable bonds is 4. The van der Waals surface area contributed by atoms with Crippen molar-refractivity contribution in [3.63, 3.8) is 0 Å². The predicted molar refractivity (Wildman–Crippen MR) is 102 cm³/mol. The van der Waals surface area contributed by atoms with Crippen LogP contribution in [0.3, 0.4) is 0 Å². The summed E-state index contributed by atoms with van der Waals surface area (Å²) in [6.45, 7) is 0. The standard InChI is InChI=1S/C19H15IN2O3/c1-21(2)11-16(17(23)12-7-9-13(20)10-8-12)22-18(24)14-5-3-4-6-15(14)19(22)25/h3-11H,1-2H3/b16-11+. The van der Waals surface area contributed by atoms with Gasteiger partial charge in [0.15, 0.2) is 0 Å². The molecule has 1 heterocycles. The highest BCUT2D eigenvalue weighted by molar-refractivity contribution is 14.1. The molecule has 0 radical (unpaired) electrons. The lowest BCUT2D eigenvalue weighted by Gasteiger charge is -2.19. The molecule has 1 aliphatic rings. The molecule has 0 bridgehead atoms. The minimum atomic E-state index is -0.479. The normalized spacial score (nSPS) is 13.9. The highest BCUT2D eigenvalue weighted by Crippen LogP contribution is 2.28. The van der Waals surface area contributed by atoms with Crippen LogP contribution in [0.1, 0.15) is 31.1 Å². The summed E-state index contributed by atoms with van der Waals surface area (Å²) >= 11 is 2.15. The summed E-state index contributed by atoms with van der Waals surface area (Å²) in [7, 11) is 3.47. The topological polar surface area (TPSA) is 57.7 Å². The van der Waals surface area contributed by atoms with Gasteiger partial charge in [-0.1, -0.05) is 12.1 Å². The van der Waals surface area contributed by atoms with Crippen molar-refractivity contribution in [2.24, 2.45) is 0 Å². The number of ketones is 1. The van der Waals surface area contributed by atoms with E-state index < -0.39 is 11.8 Å². The lowest BCUT2D eigenvalue weighted by Crippen LogP contribution is -2.34. The van der Waals surface area contributed by atoms with Crippen molar-refractivity contribution >= 4 is 40.2 Å². The van der Waals surface area contributed by atoms with E-state index in [4.69, 9.17) is 0 Å². The molecule has 25 heavy (non-hydrogen) atoms. The van der Waals surface area contributed by atoms with E-state index in [0.29, 0.717) is 16.7 Å². The molecule has 1 aliphatic heterocycles. The number of amides is 2. The van der Waals surface area contributed by atoms with Gasteiger partial charge in [0.2, 0.25) is 5.78 Å². The van der Waals surface area contributed by atoms with Crippen molar-refractivity contribution in [2.75, 3.05) is 14.1 Å². The summed E-state index contributed by atoms with van der Waals surface area (Å²) < 4.78 is 0.994. The van der Waals surface area contributed by atoms with Crippen LogP contribution >= 0.6 is 22.6 Å². The molecule has 0 saturated heterocycles. The van der Waals surface area contributed by atoms with Crippen LogP contribution in [0.4, 0.5) is 0 Å². The number of nitrogens with zero attached hydrogens (tertiary/aromatic N) is 2. The van der Waals surface area contributed by atoms with Crippen LogP contribution in [0.15, 0.2) is 60.4 Å². The summed E-state index contributed by atoms with van der Waals surface area (Å²) in [5, 5.41) is 0. The van der Waals surface area contributed by atoms with Gasteiger partial charge in [0, 0.05) is 29.4 Å². The summed E-state index contributed by atoms with van der Waals surface area (Å²) in [6.07, 6.45) is 1.50. The Labute approximate surface area is 159 Å². The molecule has 2 aromatic carbocycles. The number of imide groups is 1. The van der Waals surface area contributed by atoms with Crippen molar-refractivity contribution in [3.8, 4) is 0 Å². The molecule has 6 heteroatoms. The highest BCUT2D eigenvalue weighted by Gasteiger charge is 2.39. The molecule has 0 spiro atoms. The number of hydrogen-bond donors (Lipinski definition) is 0. The Morgan fingerprint density at radius 1 is 0.960 bits per heavy atom. The largest absolute Gasteiger partial charge is 0.382 e. The molecule has 0 aliphatic carbocycles. The van der Waals surface area contributed by atoms with Gasteiger partial charge < -0.3 is 4.90 Å². The van der Waals surface area contributed by atoms with Crippen molar-refractivity contribution in [1.82, 2.24) is 9.80 Å². The second kappa shape index (κ2) is 6.79. The Bertz CT molecular complexity index is 866. The molecule has 2 amide bonds. The average molecular weight is 446 g/mol. The van der Waals surface area contributed by atoms with Crippen LogP contribution in [-0.4, -0.2) is 41.5 Å². The minimum absolute atomic E-state index is 0.0393. The van der Waals surface area contributed by atoms with E-state index in [2.05, 4.69) is 22.6 Å². The van der Waals surface area contributed by atoms with Gasteiger partial charge in [-0.15, -0.1) is 0 Å². The summed E-state index contributed by atoms with van der Waals surface area (Å²) in [5.74, 6) is -1.33. The van der Waals surface area contributed by atoms with Crippen LogP contribution in [-0.2, 0) is 0 Å². The van der Waals surface area contributed by atoms with Gasteiger partial charge in [-0.05, 0) is 59.0 Å². The van der Waals surface area contributed by atoms with Gasteiger partial charge in [0.25, 0.3) is 11.8 Å². The van der Waals surface area contributed by atoms with Crippen molar-refractivity contribution in [3.05, 3.63) is 80.7 Å². The molecule has 2 aromatic rings. The molecule has 0 N–H and O–H groups in total. The number of carbonyl (C=O) groups excluding carboxylic acids is 3. The minimum Gasteiger partial charge on any atom is -0.382 e. The first-order valence-corrected chi connectivity index (χ1v) is 8.64. The third-order valence-electron chi connectivity index (χ3n) is 3.75. The second-order valence-corrected chi connectivity index (χ2v) is 7.05. The summed E-state index contributed by atoms with van der Waals surface area (Å²) in [6, 6.07) is 13.6. The molecule has 0 atom stereocenters. The zero-order valence-electron chi connectivity index (χ0n) is 13.7. The Morgan fingerprint density at radius 3 is 1.96 bits per heavy atom. The maximum atomic E-state index is 13.0. The van der Waals surface area contributed by atoms with Crippen LogP contribution in [0, 0.1) is 3.57 Å². The van der Waals surface area contributed by atoms with Crippen LogP contribution in [0.25, 0.3) is 0 Å². The zero-order valence-corrected chi connectivity index (χ0v) is 15.9. The lowest BCUT2D eigenvalue weighted by atomic mass is 10.1. The Morgan fingerprint density at radius 2 is 1.48 bits per heavy atom. The average Bonchev–Trinajstić information content (AvgIpc) is 2.84. The van der Waals surface area contributed by atoms with Gasteiger partial charge in [-0.2, -0.15) is 0 Å². The number of halogens is 1. The molecule has 126 valence electrons. The van der Waals surface area contributed by atoms with E-state index in [0.717, 1.165) is 8.47 Å². The molecule has 0 unspecified atom stereocenters. The first-order valence-electron chi connectivity index (χ1n) is 7.56. The van der Waals surface area contributed by atoms with E-state index in [1.165, 1.54) is 6.20 Å². The molecule has 3 rings (SSSR count). The molecule has 0 fully saturated rings. The number of Topliss-reactive ketones (excluding diaryl/α,β-unsaturated/α-hetero) is 1. The van der Waals surface area contributed by atoms with E-state index >= 15 is 0 Å². The SMILES string of the molecule is CN(C)/C=C(\C(=O)c1ccc(I)cc1)N1C(=O)c2ccccc2C1=O. The predicted octanol–water partition coefficient (Wildman–Crippen LogP) is 3.17. The van der Waals surface area contributed by atoms with Gasteiger partial charge in [0.05, 0.1) is 11.1 Å². The van der Waals surface area contributed by atoms with E-state index in [-0.39, 0.29) is 11.5 Å². The number of benzene rings is 2. The van der Waals surface area contributed by atoms with Crippen molar-refractivity contribution < 1.29 is 14.4 Å². The first kappa shape index (κ1) is 17.3. The van der Waals surface area contributed by atoms with Crippen LogP contribution < -0.4 is 0 Å². The number of hydrogen-bond acceptors (Lipinski definition) is 4. The molecular formula is C19H15IN2O3. The second-order valence-electron chi connectivity index (χ2n) is 5.81. The van der Waals surface area contributed by atoms with Gasteiger partial charge in [-0.3, -0.25) is 14.4 Å². The third-order valence-corrected chi connectivity index (χ3v) is 4.47.